The third-order valence-corrected chi connectivity index (χ3v) is 7.68. The van der Waals surface area contributed by atoms with Gasteiger partial charge in [-0.2, -0.15) is 0 Å². The fraction of sp³-hybridized carbons (Fsp3) is 0.296. The lowest BCUT2D eigenvalue weighted by molar-refractivity contribution is -0.138. The molecule has 8 heteroatoms. The van der Waals surface area contributed by atoms with E-state index in [0.717, 1.165) is 22.3 Å². The first-order valence-electron chi connectivity index (χ1n) is 11.7. The Bertz CT molecular complexity index is 1200. The number of carbonyl (C=O) groups excluding carboxylic acids is 2. The van der Waals surface area contributed by atoms with E-state index >= 15 is 0 Å². The normalized spacial score (nSPS) is 17.5. The number of nitrogens with zero attached hydrogens (tertiary/aromatic N) is 1. The lowest BCUT2D eigenvalue weighted by atomic mass is 9.98. The van der Waals surface area contributed by atoms with Crippen LogP contribution in [0.4, 0.5) is 4.79 Å². The summed E-state index contributed by atoms with van der Waals surface area (Å²) < 4.78 is 5.66. The predicted molar refractivity (Wildman–Crippen MR) is 132 cm³/mol. The zero-order chi connectivity index (χ0) is 24.4. The van der Waals surface area contributed by atoms with E-state index in [0.29, 0.717) is 24.4 Å². The van der Waals surface area contributed by atoms with Crippen molar-refractivity contribution in [2.24, 2.45) is 5.92 Å². The summed E-state index contributed by atoms with van der Waals surface area (Å²) in [5.74, 6) is -1.25. The van der Waals surface area contributed by atoms with Gasteiger partial charge >= 0.3 is 12.1 Å². The molecule has 2 atom stereocenters. The van der Waals surface area contributed by atoms with Crippen LogP contribution in [-0.4, -0.2) is 47.7 Å². The van der Waals surface area contributed by atoms with Crippen LogP contribution in [0.2, 0.25) is 0 Å². The molecule has 0 radical (unpaired) electrons. The molecule has 2 N–H and O–H groups in total. The van der Waals surface area contributed by atoms with Crippen molar-refractivity contribution in [2.75, 3.05) is 19.7 Å². The molecule has 2 aliphatic rings. The van der Waals surface area contributed by atoms with E-state index in [9.17, 15) is 14.4 Å². The largest absolute Gasteiger partial charge is 0.481 e. The molecule has 0 saturated carbocycles. The van der Waals surface area contributed by atoms with Gasteiger partial charge in [-0.15, -0.1) is 11.3 Å². The second-order valence-corrected chi connectivity index (χ2v) is 9.93. The quantitative estimate of drug-likeness (QED) is 0.503. The molecule has 1 aromatic heterocycles. The van der Waals surface area contributed by atoms with Gasteiger partial charge in [0.1, 0.15) is 12.6 Å². The van der Waals surface area contributed by atoms with Gasteiger partial charge < -0.3 is 20.1 Å². The van der Waals surface area contributed by atoms with E-state index < -0.39 is 18.1 Å². The molecular weight excluding hydrogens is 464 g/mol. The SMILES string of the molecule is O=C(O)CC1CCN(C(=O)C(NC(=O)OCC2c3ccccc3-c3ccccc32)c2cccs2)C1. The number of nitrogens with one attached hydrogen (secondary N) is 1. The number of hydrogen-bond donors (Lipinski definition) is 2. The Balaban J connectivity index is 1.27. The van der Waals surface area contributed by atoms with Crippen molar-refractivity contribution in [1.29, 1.82) is 0 Å². The Labute approximate surface area is 207 Å². The van der Waals surface area contributed by atoms with Gasteiger partial charge in [0.2, 0.25) is 0 Å². The van der Waals surface area contributed by atoms with Crippen molar-refractivity contribution in [2.45, 2.75) is 24.8 Å². The number of carboxylic acid groups (broad SMARTS) is 1. The number of aliphatic carboxylic acids is 1. The molecule has 0 bridgehead atoms. The molecule has 35 heavy (non-hydrogen) atoms. The third-order valence-electron chi connectivity index (χ3n) is 6.74. The van der Waals surface area contributed by atoms with Crippen molar-refractivity contribution in [3.63, 3.8) is 0 Å². The molecule has 1 aliphatic heterocycles. The maximum absolute atomic E-state index is 13.3. The van der Waals surface area contributed by atoms with E-state index in [1.807, 2.05) is 41.8 Å². The minimum atomic E-state index is -0.866. The van der Waals surface area contributed by atoms with Gasteiger partial charge in [0.05, 0.1) is 0 Å². The zero-order valence-electron chi connectivity index (χ0n) is 19.1. The van der Waals surface area contributed by atoms with Crippen LogP contribution in [0.1, 0.15) is 40.8 Å². The molecule has 1 fully saturated rings. The van der Waals surface area contributed by atoms with Gasteiger partial charge in [0, 0.05) is 30.3 Å². The fourth-order valence-electron chi connectivity index (χ4n) is 5.10. The minimum Gasteiger partial charge on any atom is -0.481 e. The van der Waals surface area contributed by atoms with Gasteiger partial charge in [-0.05, 0) is 46.0 Å². The molecule has 2 heterocycles. The van der Waals surface area contributed by atoms with Crippen LogP contribution in [0.5, 0.6) is 0 Å². The summed E-state index contributed by atoms with van der Waals surface area (Å²) >= 11 is 1.38. The summed E-state index contributed by atoms with van der Waals surface area (Å²) in [5, 5.41) is 13.7. The summed E-state index contributed by atoms with van der Waals surface area (Å²) in [5.41, 5.74) is 4.53. The maximum Gasteiger partial charge on any atom is 0.408 e. The van der Waals surface area contributed by atoms with Crippen LogP contribution in [0, 0.1) is 5.92 Å². The summed E-state index contributed by atoms with van der Waals surface area (Å²) in [4.78, 5) is 39.6. The minimum absolute atomic E-state index is 0.0350. The predicted octanol–water partition coefficient (Wildman–Crippen LogP) is 4.65. The van der Waals surface area contributed by atoms with Crippen LogP contribution < -0.4 is 5.32 Å². The number of amides is 2. The van der Waals surface area contributed by atoms with Gasteiger partial charge in [-0.3, -0.25) is 9.59 Å². The maximum atomic E-state index is 13.3. The van der Waals surface area contributed by atoms with E-state index in [4.69, 9.17) is 9.84 Å². The number of ether oxygens (including phenoxy) is 1. The summed E-state index contributed by atoms with van der Waals surface area (Å²) in [6.07, 6.45) is 0.0211. The highest BCUT2D eigenvalue weighted by molar-refractivity contribution is 7.10. The molecule has 7 nitrogen and oxygen atoms in total. The highest BCUT2D eigenvalue weighted by Gasteiger charge is 2.35. The zero-order valence-corrected chi connectivity index (χ0v) is 19.9. The van der Waals surface area contributed by atoms with E-state index in [1.165, 1.54) is 11.3 Å². The number of thiophene rings is 1. The number of rotatable bonds is 7. The lowest BCUT2D eigenvalue weighted by Gasteiger charge is -2.24. The highest BCUT2D eigenvalue weighted by Crippen LogP contribution is 2.44. The van der Waals surface area contributed by atoms with Crippen LogP contribution >= 0.6 is 11.3 Å². The molecule has 0 spiro atoms. The molecule has 1 aliphatic carbocycles. The second kappa shape index (κ2) is 9.92. The average Bonchev–Trinajstić information content (AvgIpc) is 3.60. The van der Waals surface area contributed by atoms with Gasteiger partial charge in [0.15, 0.2) is 0 Å². The van der Waals surface area contributed by atoms with Crippen molar-refractivity contribution in [1.82, 2.24) is 10.2 Å². The Morgan fingerprint density at radius 2 is 1.71 bits per heavy atom. The Morgan fingerprint density at radius 1 is 1.03 bits per heavy atom. The summed E-state index contributed by atoms with van der Waals surface area (Å²) in [6, 6.07) is 19.0. The molecule has 2 aromatic carbocycles. The molecule has 2 unspecified atom stereocenters. The van der Waals surface area contributed by atoms with Crippen LogP contribution in [0.3, 0.4) is 0 Å². The molecule has 5 rings (SSSR count). The first-order valence-corrected chi connectivity index (χ1v) is 12.5. The van der Waals surface area contributed by atoms with E-state index in [1.54, 1.807) is 4.90 Å². The van der Waals surface area contributed by atoms with E-state index in [-0.39, 0.29) is 30.8 Å². The highest BCUT2D eigenvalue weighted by atomic mass is 32.1. The number of carboxylic acids is 1. The Kier molecular flexibility index (Phi) is 6.55. The smallest absolute Gasteiger partial charge is 0.408 e. The molecule has 2 amide bonds. The Morgan fingerprint density at radius 3 is 2.34 bits per heavy atom. The number of hydrogen-bond acceptors (Lipinski definition) is 5. The second-order valence-electron chi connectivity index (χ2n) is 8.96. The molecular formula is C27H26N2O5S. The number of fused-ring (bicyclic) bond motifs is 3. The van der Waals surface area contributed by atoms with Crippen molar-refractivity contribution in [3.8, 4) is 11.1 Å². The standard InChI is InChI=1S/C27H26N2O5S/c30-24(31)14-17-11-12-29(15-17)26(32)25(23-10-5-13-35-23)28-27(33)34-16-22-20-8-3-1-6-18(20)19-7-2-4-9-21(19)22/h1-10,13,17,22,25H,11-12,14-16H2,(H,28,33)(H,30,31). The monoisotopic (exact) mass is 490 g/mol. The topological polar surface area (TPSA) is 95.9 Å². The number of alkyl carbamates (subject to hydrolysis) is 1. The molecule has 1 saturated heterocycles. The van der Waals surface area contributed by atoms with Gasteiger partial charge in [-0.25, -0.2) is 4.79 Å². The first kappa shape index (κ1) is 23.1. The van der Waals surface area contributed by atoms with Gasteiger partial charge in [0.25, 0.3) is 5.91 Å². The van der Waals surface area contributed by atoms with Gasteiger partial charge in [-0.1, -0.05) is 54.6 Å². The van der Waals surface area contributed by atoms with Crippen molar-refractivity contribution < 1.29 is 24.2 Å². The van der Waals surface area contributed by atoms with Crippen molar-refractivity contribution in [3.05, 3.63) is 82.0 Å². The number of likely N-dealkylation sites (tertiary alicyclic amines) is 1. The fourth-order valence-corrected chi connectivity index (χ4v) is 5.86. The first-order chi connectivity index (χ1) is 17.0. The lowest BCUT2D eigenvalue weighted by Crippen LogP contribution is -2.42. The average molecular weight is 491 g/mol. The number of benzene rings is 2. The van der Waals surface area contributed by atoms with Crippen LogP contribution in [-0.2, 0) is 14.3 Å². The summed E-state index contributed by atoms with van der Waals surface area (Å²) in [7, 11) is 0. The number of carbonyl (C=O) groups is 3. The van der Waals surface area contributed by atoms with Crippen molar-refractivity contribution >= 4 is 29.3 Å². The molecule has 180 valence electrons. The third kappa shape index (κ3) is 4.79. The van der Waals surface area contributed by atoms with E-state index in [2.05, 4.69) is 29.6 Å². The van der Waals surface area contributed by atoms with Crippen LogP contribution in [0.15, 0.2) is 66.0 Å². The van der Waals surface area contributed by atoms with Crippen LogP contribution in [0.25, 0.3) is 11.1 Å². The summed E-state index contributed by atoms with van der Waals surface area (Å²) in [6.45, 7) is 1.01. The molecule has 3 aromatic rings. The Hall–Kier alpha value is -3.65.